The zero-order chi connectivity index (χ0) is 23.1. The Morgan fingerprint density at radius 3 is 2.82 bits per heavy atom. The first kappa shape index (κ1) is 22.3. The van der Waals surface area contributed by atoms with Crippen LogP contribution in [0.3, 0.4) is 0 Å². The number of nitrogens with zero attached hydrogens (tertiary/aromatic N) is 4. The second kappa shape index (κ2) is 9.06. The minimum atomic E-state index is -0.0935. The van der Waals surface area contributed by atoms with Crippen molar-refractivity contribution in [1.82, 2.24) is 18.9 Å². The van der Waals surface area contributed by atoms with E-state index in [0.717, 1.165) is 41.5 Å². The SMILES string of the molecule is CCC(C)n1c(SCc2cc(=O)n3cccc(C)c3n2)nc2sc3c(c2c1=O)CCCCC3. The Morgan fingerprint density at radius 2 is 2.00 bits per heavy atom. The van der Waals surface area contributed by atoms with E-state index in [2.05, 4.69) is 13.8 Å². The summed E-state index contributed by atoms with van der Waals surface area (Å²) in [6, 6.07) is 5.44. The summed E-state index contributed by atoms with van der Waals surface area (Å²) in [6.07, 6.45) is 8.16. The molecule has 0 N–H and O–H groups in total. The van der Waals surface area contributed by atoms with Gasteiger partial charge in [0.15, 0.2) is 5.16 Å². The average molecular weight is 481 g/mol. The molecule has 1 unspecified atom stereocenters. The van der Waals surface area contributed by atoms with E-state index in [1.807, 2.05) is 23.6 Å². The van der Waals surface area contributed by atoms with Gasteiger partial charge in [0.2, 0.25) is 0 Å². The van der Waals surface area contributed by atoms with Gasteiger partial charge in [0.25, 0.3) is 11.1 Å². The number of hydrogen-bond acceptors (Lipinski definition) is 6. The van der Waals surface area contributed by atoms with Crippen LogP contribution >= 0.6 is 23.1 Å². The Balaban J connectivity index is 1.58. The van der Waals surface area contributed by atoms with Crippen molar-refractivity contribution in [2.75, 3.05) is 0 Å². The molecular formula is C25H28N4O2S2. The van der Waals surface area contributed by atoms with Crippen molar-refractivity contribution in [3.63, 3.8) is 0 Å². The van der Waals surface area contributed by atoms with E-state index < -0.39 is 0 Å². The number of aryl methyl sites for hydroxylation is 3. The van der Waals surface area contributed by atoms with Crippen LogP contribution in [0.25, 0.3) is 15.9 Å². The molecule has 0 amide bonds. The predicted octanol–water partition coefficient (Wildman–Crippen LogP) is 5.31. The van der Waals surface area contributed by atoms with Crippen LogP contribution in [0.1, 0.15) is 67.3 Å². The van der Waals surface area contributed by atoms with Crippen molar-refractivity contribution in [3.8, 4) is 0 Å². The summed E-state index contributed by atoms with van der Waals surface area (Å²) < 4.78 is 3.44. The third-order valence-electron chi connectivity index (χ3n) is 6.56. The lowest BCUT2D eigenvalue weighted by Crippen LogP contribution is -2.26. The summed E-state index contributed by atoms with van der Waals surface area (Å²) in [6.45, 7) is 6.13. The molecule has 1 atom stereocenters. The van der Waals surface area contributed by atoms with Crippen molar-refractivity contribution in [1.29, 1.82) is 0 Å². The molecule has 0 aliphatic heterocycles. The normalized spacial score (nSPS) is 15.0. The van der Waals surface area contributed by atoms with E-state index in [4.69, 9.17) is 9.97 Å². The van der Waals surface area contributed by atoms with Crippen LogP contribution in [-0.2, 0) is 18.6 Å². The molecular weight excluding hydrogens is 452 g/mol. The molecule has 0 aromatic carbocycles. The number of thioether (sulfide) groups is 1. The van der Waals surface area contributed by atoms with E-state index in [-0.39, 0.29) is 17.2 Å². The smallest absolute Gasteiger partial charge is 0.263 e. The third kappa shape index (κ3) is 4.04. The Hall–Kier alpha value is -2.45. The van der Waals surface area contributed by atoms with Gasteiger partial charge >= 0.3 is 0 Å². The van der Waals surface area contributed by atoms with Gasteiger partial charge in [0.05, 0.1) is 11.1 Å². The van der Waals surface area contributed by atoms with Gasteiger partial charge in [-0.2, -0.15) is 0 Å². The fourth-order valence-electron chi connectivity index (χ4n) is 4.57. The number of pyridine rings is 1. The molecule has 1 aliphatic carbocycles. The maximum atomic E-state index is 13.7. The summed E-state index contributed by atoms with van der Waals surface area (Å²) >= 11 is 3.18. The maximum Gasteiger partial charge on any atom is 0.263 e. The molecule has 0 saturated heterocycles. The number of rotatable bonds is 5. The van der Waals surface area contributed by atoms with Crippen molar-refractivity contribution in [3.05, 3.63) is 66.8 Å². The van der Waals surface area contributed by atoms with Gasteiger partial charge in [-0.3, -0.25) is 18.6 Å². The molecule has 0 spiro atoms. The van der Waals surface area contributed by atoms with Crippen LogP contribution in [0.2, 0.25) is 0 Å². The Bertz CT molecular complexity index is 1470. The average Bonchev–Trinajstić information content (AvgIpc) is 2.99. The number of hydrogen-bond donors (Lipinski definition) is 0. The molecule has 0 bridgehead atoms. The van der Waals surface area contributed by atoms with E-state index in [0.29, 0.717) is 22.3 Å². The molecule has 8 heteroatoms. The first-order chi connectivity index (χ1) is 16.0. The number of fused-ring (bicyclic) bond motifs is 4. The lowest BCUT2D eigenvalue weighted by atomic mass is 10.1. The van der Waals surface area contributed by atoms with Crippen molar-refractivity contribution >= 4 is 39.0 Å². The highest BCUT2D eigenvalue weighted by Crippen LogP contribution is 2.35. The first-order valence-corrected chi connectivity index (χ1v) is 13.5. The summed E-state index contributed by atoms with van der Waals surface area (Å²) in [7, 11) is 0. The van der Waals surface area contributed by atoms with Gasteiger partial charge in [-0.25, -0.2) is 9.97 Å². The monoisotopic (exact) mass is 480 g/mol. The molecule has 4 aromatic heterocycles. The van der Waals surface area contributed by atoms with Crippen LogP contribution in [0.5, 0.6) is 0 Å². The molecule has 0 saturated carbocycles. The summed E-state index contributed by atoms with van der Waals surface area (Å²) in [5, 5.41) is 1.55. The summed E-state index contributed by atoms with van der Waals surface area (Å²) in [5.74, 6) is 0.486. The predicted molar refractivity (Wildman–Crippen MR) is 136 cm³/mol. The topological polar surface area (TPSA) is 69.3 Å². The van der Waals surface area contributed by atoms with Gasteiger partial charge in [0, 0.05) is 28.9 Å². The van der Waals surface area contributed by atoms with Crippen molar-refractivity contribution in [2.24, 2.45) is 0 Å². The zero-order valence-corrected chi connectivity index (χ0v) is 20.9. The molecule has 0 radical (unpaired) electrons. The van der Waals surface area contributed by atoms with Crippen LogP contribution in [0.4, 0.5) is 0 Å². The summed E-state index contributed by atoms with van der Waals surface area (Å²) in [5.41, 5.74) is 3.55. The highest BCUT2D eigenvalue weighted by atomic mass is 32.2. The molecule has 5 rings (SSSR count). The summed E-state index contributed by atoms with van der Waals surface area (Å²) in [4.78, 5) is 38.2. The van der Waals surface area contributed by atoms with Gasteiger partial charge in [-0.1, -0.05) is 31.2 Å². The Morgan fingerprint density at radius 1 is 1.18 bits per heavy atom. The van der Waals surface area contributed by atoms with E-state index in [1.165, 1.54) is 35.0 Å². The van der Waals surface area contributed by atoms with E-state index >= 15 is 0 Å². The van der Waals surface area contributed by atoms with E-state index in [9.17, 15) is 9.59 Å². The quantitative estimate of drug-likeness (QED) is 0.220. The Labute approximate surface area is 200 Å². The molecule has 6 nitrogen and oxygen atoms in total. The van der Waals surface area contributed by atoms with Crippen molar-refractivity contribution in [2.45, 2.75) is 76.2 Å². The van der Waals surface area contributed by atoms with Crippen molar-refractivity contribution < 1.29 is 0 Å². The fraction of sp³-hybridized carbons (Fsp3) is 0.440. The highest BCUT2D eigenvalue weighted by Gasteiger charge is 2.23. The van der Waals surface area contributed by atoms with Gasteiger partial charge in [-0.15, -0.1) is 11.3 Å². The molecule has 33 heavy (non-hydrogen) atoms. The maximum absolute atomic E-state index is 13.7. The lowest BCUT2D eigenvalue weighted by Gasteiger charge is -2.17. The van der Waals surface area contributed by atoms with Crippen LogP contribution < -0.4 is 11.1 Å². The molecule has 1 aliphatic rings. The second-order valence-electron chi connectivity index (χ2n) is 8.83. The standard InChI is InChI=1S/C25H28N4O2S2/c1-4-16(3)29-24(31)21-18-10-6-5-7-11-19(18)33-23(21)27-25(29)32-14-17-13-20(30)28-12-8-9-15(2)22(28)26-17/h8-9,12-13,16H,4-7,10-11,14H2,1-3H3. The zero-order valence-electron chi connectivity index (χ0n) is 19.3. The molecule has 4 heterocycles. The minimum Gasteiger partial charge on any atom is -0.284 e. The van der Waals surface area contributed by atoms with Crippen LogP contribution in [0.15, 0.2) is 39.1 Å². The van der Waals surface area contributed by atoms with Crippen LogP contribution in [-0.4, -0.2) is 18.9 Å². The minimum absolute atomic E-state index is 0.0515. The lowest BCUT2D eigenvalue weighted by molar-refractivity contribution is 0.468. The Kier molecular flexibility index (Phi) is 6.14. The number of aromatic nitrogens is 4. The third-order valence-corrected chi connectivity index (χ3v) is 8.73. The van der Waals surface area contributed by atoms with Gasteiger partial charge in [0.1, 0.15) is 10.5 Å². The van der Waals surface area contributed by atoms with Crippen LogP contribution in [0, 0.1) is 6.92 Å². The first-order valence-electron chi connectivity index (χ1n) is 11.7. The van der Waals surface area contributed by atoms with Gasteiger partial charge < -0.3 is 0 Å². The highest BCUT2D eigenvalue weighted by molar-refractivity contribution is 7.98. The molecule has 172 valence electrons. The molecule has 0 fully saturated rings. The van der Waals surface area contributed by atoms with Gasteiger partial charge in [-0.05, 0) is 63.1 Å². The number of thiophene rings is 1. The fourth-order valence-corrected chi connectivity index (χ4v) is 6.86. The molecule has 4 aromatic rings. The van der Waals surface area contributed by atoms with E-state index in [1.54, 1.807) is 28.0 Å². The second-order valence-corrected chi connectivity index (χ2v) is 10.9. The largest absolute Gasteiger partial charge is 0.284 e.